The summed E-state index contributed by atoms with van der Waals surface area (Å²) in [6.07, 6.45) is 5.06. The van der Waals surface area contributed by atoms with Crippen LogP contribution in [0.15, 0.2) is 157 Å². The van der Waals surface area contributed by atoms with Crippen molar-refractivity contribution in [2.75, 3.05) is 23.4 Å². The molecule has 74 heavy (non-hydrogen) atoms. The molecule has 1 unspecified atom stereocenters. The fourth-order valence-corrected chi connectivity index (χ4v) is 10.9. The Morgan fingerprint density at radius 2 is 0.973 bits per heavy atom. The fourth-order valence-electron chi connectivity index (χ4n) is 10.2. The van der Waals surface area contributed by atoms with E-state index in [0.29, 0.717) is 89.9 Å². The van der Waals surface area contributed by atoms with E-state index in [9.17, 15) is 43.6 Å². The van der Waals surface area contributed by atoms with Crippen molar-refractivity contribution < 1.29 is 48.3 Å². The Morgan fingerprint density at radius 1 is 0.500 bits per heavy atom. The standard InChI is InChI=1S/C61H60N2O10S/c1-38-16-18-40(9-6-11-42-33-47(64)22-27-55(42)67)31-53(38)62(3)45-20-25-50-58(36-45)73-59-37-46(21-26-51(59)61(50)52-14-4-5-15-60(52)74(70,71)72)63(30-8-13-44-35-49(66)24-29-57(44)69)54-32-41(19-17-39(54)2)10-7-12-43-34-48(65)23-28-56(43)68/h4-5,14-29,31-37,61,64-69H,6-13,30H2,1-3H3,(H,70,71,72)/p-1. The summed E-state index contributed by atoms with van der Waals surface area (Å²) in [6.45, 7) is 4.57. The summed E-state index contributed by atoms with van der Waals surface area (Å²) >= 11 is 0. The topological polar surface area (TPSA) is 194 Å². The lowest BCUT2D eigenvalue weighted by molar-refractivity contribution is 0.448. The third-order valence-electron chi connectivity index (χ3n) is 14.1. The van der Waals surface area contributed by atoms with Crippen molar-refractivity contribution in [3.63, 3.8) is 0 Å². The van der Waals surface area contributed by atoms with Crippen LogP contribution in [0.4, 0.5) is 22.7 Å². The first kappa shape index (κ1) is 50.8. The maximum Gasteiger partial charge on any atom is 0.133 e. The summed E-state index contributed by atoms with van der Waals surface area (Å²) < 4.78 is 45.8. The molecule has 12 nitrogen and oxygen atoms in total. The Bertz CT molecular complexity index is 3490. The number of phenols is 6. The van der Waals surface area contributed by atoms with Gasteiger partial charge in [0.25, 0.3) is 0 Å². The molecule has 0 spiro atoms. The van der Waals surface area contributed by atoms with Gasteiger partial charge in [-0.05, 0) is 195 Å². The quantitative estimate of drug-likeness (QED) is 0.0352. The molecule has 0 saturated heterocycles. The number of aryl methyl sites for hydroxylation is 7. The third kappa shape index (κ3) is 11.2. The highest BCUT2D eigenvalue weighted by Gasteiger charge is 2.33. The Balaban J connectivity index is 1.07. The van der Waals surface area contributed by atoms with Crippen LogP contribution in [0.1, 0.15) is 80.8 Å². The second-order valence-electron chi connectivity index (χ2n) is 19.2. The van der Waals surface area contributed by atoms with Crippen LogP contribution in [0, 0.1) is 13.8 Å². The lowest BCUT2D eigenvalue weighted by atomic mass is 9.82. The van der Waals surface area contributed by atoms with Gasteiger partial charge in [-0.15, -0.1) is 0 Å². The number of ether oxygens (including phenoxy) is 1. The van der Waals surface area contributed by atoms with Gasteiger partial charge in [0, 0.05) is 65.5 Å². The minimum Gasteiger partial charge on any atom is -0.744 e. The number of rotatable bonds is 18. The van der Waals surface area contributed by atoms with Gasteiger partial charge in [0.2, 0.25) is 0 Å². The highest BCUT2D eigenvalue weighted by Crippen LogP contribution is 2.51. The molecule has 0 bridgehead atoms. The number of phenolic OH excluding ortho intramolecular Hbond substituents is 6. The number of hydrogen-bond acceptors (Lipinski definition) is 12. The molecule has 380 valence electrons. The van der Waals surface area contributed by atoms with Gasteiger partial charge in [0.1, 0.15) is 56.1 Å². The molecule has 0 radical (unpaired) electrons. The first-order chi connectivity index (χ1) is 35.5. The van der Waals surface area contributed by atoms with Gasteiger partial charge in [0.15, 0.2) is 0 Å². The van der Waals surface area contributed by atoms with Gasteiger partial charge in [-0.3, -0.25) is 0 Å². The highest BCUT2D eigenvalue weighted by atomic mass is 32.2. The predicted octanol–water partition coefficient (Wildman–Crippen LogP) is 12.6. The van der Waals surface area contributed by atoms with E-state index < -0.39 is 16.0 Å². The first-order valence-corrected chi connectivity index (χ1v) is 26.1. The highest BCUT2D eigenvalue weighted by molar-refractivity contribution is 7.85. The molecule has 1 atom stereocenters. The van der Waals surface area contributed by atoms with Crippen LogP contribution in [0.5, 0.6) is 46.0 Å². The van der Waals surface area contributed by atoms with Crippen LogP contribution in [0.25, 0.3) is 0 Å². The molecule has 1 aliphatic rings. The van der Waals surface area contributed by atoms with Crippen LogP contribution in [0.2, 0.25) is 0 Å². The first-order valence-electron chi connectivity index (χ1n) is 24.7. The molecule has 0 amide bonds. The van der Waals surface area contributed by atoms with Gasteiger partial charge < -0.3 is 49.7 Å². The number of nitrogens with zero attached hydrogens (tertiary/aromatic N) is 2. The average Bonchev–Trinajstić information content (AvgIpc) is 3.38. The maximum absolute atomic E-state index is 12.9. The molecule has 0 saturated carbocycles. The van der Waals surface area contributed by atoms with Crippen LogP contribution < -0.4 is 14.5 Å². The van der Waals surface area contributed by atoms with Crippen LogP contribution in [0.3, 0.4) is 0 Å². The summed E-state index contributed by atoms with van der Waals surface area (Å²) in [6, 6.07) is 44.2. The molecule has 1 heterocycles. The van der Waals surface area contributed by atoms with E-state index in [1.807, 2.05) is 57.3 Å². The van der Waals surface area contributed by atoms with Crippen molar-refractivity contribution in [1.29, 1.82) is 0 Å². The van der Waals surface area contributed by atoms with Gasteiger partial charge in [-0.25, -0.2) is 8.42 Å². The largest absolute Gasteiger partial charge is 0.744 e. The average molecular weight is 1010 g/mol. The van der Waals surface area contributed by atoms with Gasteiger partial charge in [-0.2, -0.15) is 0 Å². The molecule has 0 aliphatic carbocycles. The van der Waals surface area contributed by atoms with E-state index in [4.69, 9.17) is 4.74 Å². The van der Waals surface area contributed by atoms with Crippen molar-refractivity contribution in [3.05, 3.63) is 207 Å². The van der Waals surface area contributed by atoms with E-state index in [0.717, 1.165) is 57.8 Å². The number of aromatic hydroxyl groups is 6. The normalized spacial score (nSPS) is 12.9. The second kappa shape index (κ2) is 21.5. The molecule has 9 rings (SSSR count). The molecule has 0 aromatic heterocycles. The Labute approximate surface area is 432 Å². The smallest absolute Gasteiger partial charge is 0.133 e. The molecular formula is C61H59N2O10S-. The monoisotopic (exact) mass is 1010 g/mol. The summed E-state index contributed by atoms with van der Waals surface area (Å²) in [5, 5.41) is 61.8. The molecule has 6 N–H and O–H groups in total. The Morgan fingerprint density at radius 3 is 1.51 bits per heavy atom. The Hall–Kier alpha value is -8.13. The minimum atomic E-state index is -4.90. The Kier molecular flexibility index (Phi) is 14.8. The summed E-state index contributed by atoms with van der Waals surface area (Å²) in [7, 11) is -2.92. The number of benzene rings is 8. The predicted molar refractivity (Wildman–Crippen MR) is 287 cm³/mol. The summed E-state index contributed by atoms with van der Waals surface area (Å²) in [5.41, 5.74) is 11.3. The summed E-state index contributed by atoms with van der Waals surface area (Å²) in [5.74, 6) is 0.909. The minimum absolute atomic E-state index is 0.0588. The van der Waals surface area contributed by atoms with Crippen molar-refractivity contribution in [1.82, 2.24) is 0 Å². The van der Waals surface area contributed by atoms with E-state index in [2.05, 4.69) is 46.2 Å². The number of fused-ring (bicyclic) bond motifs is 2. The van der Waals surface area contributed by atoms with Crippen LogP contribution in [-0.2, 0) is 42.2 Å². The lowest BCUT2D eigenvalue weighted by Gasteiger charge is -2.33. The molecule has 13 heteroatoms. The van der Waals surface area contributed by atoms with Crippen molar-refractivity contribution in [2.45, 2.75) is 76.0 Å². The van der Waals surface area contributed by atoms with E-state index in [1.165, 1.54) is 42.5 Å². The third-order valence-corrected chi connectivity index (χ3v) is 15.0. The fraction of sp³-hybridized carbons (Fsp3) is 0.213. The zero-order valence-electron chi connectivity index (χ0n) is 41.5. The zero-order valence-corrected chi connectivity index (χ0v) is 42.3. The van der Waals surface area contributed by atoms with Crippen molar-refractivity contribution in [3.8, 4) is 46.0 Å². The van der Waals surface area contributed by atoms with Crippen molar-refractivity contribution in [2.24, 2.45) is 0 Å². The molecule has 1 aliphatic heterocycles. The van der Waals surface area contributed by atoms with Crippen molar-refractivity contribution >= 4 is 32.9 Å². The van der Waals surface area contributed by atoms with Gasteiger partial charge in [-0.1, -0.05) is 54.6 Å². The van der Waals surface area contributed by atoms with Gasteiger partial charge >= 0.3 is 0 Å². The zero-order chi connectivity index (χ0) is 52.3. The maximum atomic E-state index is 12.9. The molecule has 8 aromatic carbocycles. The van der Waals surface area contributed by atoms with E-state index >= 15 is 0 Å². The van der Waals surface area contributed by atoms with Crippen LogP contribution in [-0.4, -0.2) is 57.2 Å². The van der Waals surface area contributed by atoms with Gasteiger partial charge in [0.05, 0.1) is 4.90 Å². The van der Waals surface area contributed by atoms with E-state index in [1.54, 1.807) is 36.4 Å². The second-order valence-corrected chi connectivity index (χ2v) is 20.5. The SMILES string of the molecule is Cc1ccc(CCCc2cc(O)ccc2O)cc1N(C)c1ccc2c(c1)Oc1cc(N(CCCc3cc(O)ccc3O)c3cc(CCCc4cc(O)ccc4O)ccc3C)ccc1C2c1ccccc1S(=O)(=O)[O-]. The van der Waals surface area contributed by atoms with E-state index in [-0.39, 0.29) is 39.4 Å². The van der Waals surface area contributed by atoms with Crippen LogP contribution >= 0.6 is 0 Å². The molecular weight excluding hydrogens is 953 g/mol. The molecule has 8 aromatic rings. The lowest BCUT2D eigenvalue weighted by Crippen LogP contribution is -2.21. The summed E-state index contributed by atoms with van der Waals surface area (Å²) in [4.78, 5) is 3.95. The molecule has 0 fully saturated rings. The number of anilines is 4. The number of hydrogen-bond donors (Lipinski definition) is 6.